The minimum Gasteiger partial charge on any atom is -0.508 e. The molecule has 0 saturated carbocycles. The Labute approximate surface area is 136 Å². The third-order valence-electron chi connectivity index (χ3n) is 2.65. The second kappa shape index (κ2) is 6.67. The molecule has 2 rings (SSSR count). The largest absolute Gasteiger partial charge is 0.508 e. The summed E-state index contributed by atoms with van der Waals surface area (Å²) in [6.45, 7) is 0. The number of nitrogens with zero attached hydrogens (tertiary/aromatic N) is 1. The van der Waals surface area contributed by atoms with E-state index in [4.69, 9.17) is 20.9 Å². The maximum Gasteiger partial charge on any atom is 0.332 e. The van der Waals surface area contributed by atoms with Crippen molar-refractivity contribution in [3.63, 3.8) is 0 Å². The van der Waals surface area contributed by atoms with Crippen LogP contribution in [0, 0.1) is 10.1 Å². The van der Waals surface area contributed by atoms with Gasteiger partial charge >= 0.3 is 10.1 Å². The summed E-state index contributed by atoms with van der Waals surface area (Å²) in [7, 11) is -4.10. The van der Waals surface area contributed by atoms with Crippen molar-refractivity contribution >= 4 is 33.5 Å². The van der Waals surface area contributed by atoms with E-state index < -0.39 is 15.0 Å². The van der Waals surface area contributed by atoms with Gasteiger partial charge in [0.05, 0.1) is 15.4 Å². The molecule has 9 heteroatoms. The van der Waals surface area contributed by atoms with Gasteiger partial charge in [-0.3, -0.25) is 10.1 Å². The second-order valence-corrected chi connectivity index (χ2v) is 6.17. The van der Waals surface area contributed by atoms with Gasteiger partial charge in [0.1, 0.15) is 5.75 Å². The zero-order chi connectivity index (χ0) is 17.0. The predicted octanol–water partition coefficient (Wildman–Crippen LogP) is 3.33. The standard InChI is InChI=1S/C14H10ClNO6S/c15-13-9-11(16(18)19)3-6-14(13)22-23(20,21)8-7-10-1-4-12(17)5-2-10/h1-9,17H/b8-7+. The van der Waals surface area contributed by atoms with Crippen LogP contribution in [0.1, 0.15) is 5.56 Å². The Hall–Kier alpha value is -2.58. The molecule has 23 heavy (non-hydrogen) atoms. The molecule has 0 aromatic heterocycles. The van der Waals surface area contributed by atoms with Crippen molar-refractivity contribution in [1.29, 1.82) is 0 Å². The summed E-state index contributed by atoms with van der Waals surface area (Å²) in [6.07, 6.45) is 1.27. The molecular weight excluding hydrogens is 346 g/mol. The number of hydrogen-bond donors (Lipinski definition) is 1. The average molecular weight is 356 g/mol. The molecule has 0 aliphatic carbocycles. The van der Waals surface area contributed by atoms with Gasteiger partial charge in [0.2, 0.25) is 0 Å². The van der Waals surface area contributed by atoms with Crippen LogP contribution in [0.2, 0.25) is 5.02 Å². The highest BCUT2D eigenvalue weighted by molar-refractivity contribution is 7.90. The van der Waals surface area contributed by atoms with Crippen LogP contribution in [-0.4, -0.2) is 18.4 Å². The van der Waals surface area contributed by atoms with Gasteiger partial charge in [0.15, 0.2) is 5.75 Å². The van der Waals surface area contributed by atoms with Crippen molar-refractivity contribution in [1.82, 2.24) is 0 Å². The Morgan fingerprint density at radius 3 is 2.39 bits per heavy atom. The summed E-state index contributed by atoms with van der Waals surface area (Å²) in [5, 5.41) is 20.4. The van der Waals surface area contributed by atoms with Crippen LogP contribution in [0.15, 0.2) is 47.9 Å². The number of aromatic hydroxyl groups is 1. The normalized spacial score (nSPS) is 11.5. The van der Waals surface area contributed by atoms with E-state index in [1.54, 1.807) is 0 Å². The molecule has 0 fully saturated rings. The number of phenols is 1. The van der Waals surface area contributed by atoms with E-state index in [9.17, 15) is 18.5 Å². The Kier molecular flexibility index (Phi) is 4.87. The van der Waals surface area contributed by atoms with Crippen molar-refractivity contribution in [3.05, 3.63) is 68.6 Å². The molecule has 0 saturated heterocycles. The van der Waals surface area contributed by atoms with Crippen molar-refractivity contribution in [2.45, 2.75) is 0 Å². The molecule has 120 valence electrons. The summed E-state index contributed by atoms with van der Waals surface area (Å²) in [6, 6.07) is 9.02. The lowest BCUT2D eigenvalue weighted by atomic mass is 10.2. The molecule has 2 aromatic rings. The van der Waals surface area contributed by atoms with Crippen molar-refractivity contribution in [3.8, 4) is 11.5 Å². The van der Waals surface area contributed by atoms with Crippen LogP contribution < -0.4 is 4.18 Å². The first kappa shape index (κ1) is 16.8. The first-order chi connectivity index (χ1) is 10.8. The van der Waals surface area contributed by atoms with Crippen molar-refractivity contribution in [2.75, 3.05) is 0 Å². The van der Waals surface area contributed by atoms with Gasteiger partial charge in [-0.1, -0.05) is 23.7 Å². The number of benzene rings is 2. The number of hydrogen-bond acceptors (Lipinski definition) is 6. The lowest BCUT2D eigenvalue weighted by Gasteiger charge is -2.05. The lowest BCUT2D eigenvalue weighted by molar-refractivity contribution is -0.384. The third-order valence-corrected chi connectivity index (χ3v) is 3.83. The molecule has 7 nitrogen and oxygen atoms in total. The molecular formula is C14H10ClNO6S. The fraction of sp³-hybridized carbons (Fsp3) is 0. The zero-order valence-electron chi connectivity index (χ0n) is 11.4. The van der Waals surface area contributed by atoms with Crippen molar-refractivity contribution in [2.24, 2.45) is 0 Å². The predicted molar refractivity (Wildman–Crippen MR) is 84.8 cm³/mol. The smallest absolute Gasteiger partial charge is 0.332 e. The van der Waals surface area contributed by atoms with Gasteiger partial charge < -0.3 is 9.29 Å². The van der Waals surface area contributed by atoms with Gasteiger partial charge in [-0.15, -0.1) is 0 Å². The van der Waals surface area contributed by atoms with Crippen LogP contribution in [0.3, 0.4) is 0 Å². The van der Waals surface area contributed by atoms with Crippen LogP contribution in [0.4, 0.5) is 5.69 Å². The summed E-state index contributed by atoms with van der Waals surface area (Å²) in [5.41, 5.74) is 0.254. The van der Waals surface area contributed by atoms with Gasteiger partial charge in [-0.25, -0.2) is 0 Å². The Morgan fingerprint density at radius 1 is 1.17 bits per heavy atom. The number of nitro benzene ring substituents is 1. The van der Waals surface area contributed by atoms with E-state index in [2.05, 4.69) is 0 Å². The summed E-state index contributed by atoms with van der Waals surface area (Å²) < 4.78 is 28.5. The first-order valence-corrected chi connectivity index (χ1v) is 7.97. The van der Waals surface area contributed by atoms with Crippen LogP contribution in [0.5, 0.6) is 11.5 Å². The minimum absolute atomic E-state index is 0.0546. The monoisotopic (exact) mass is 355 g/mol. The maximum atomic E-state index is 11.9. The highest BCUT2D eigenvalue weighted by atomic mass is 35.5. The Bertz CT molecular complexity index is 861. The number of halogens is 1. The number of non-ortho nitro benzene ring substituents is 1. The number of phenolic OH excluding ortho intramolecular Hbond substituents is 1. The van der Waals surface area contributed by atoms with Crippen LogP contribution in [0.25, 0.3) is 6.08 Å². The van der Waals surface area contributed by atoms with E-state index in [1.807, 2.05) is 0 Å². The second-order valence-electron chi connectivity index (χ2n) is 4.34. The molecule has 0 heterocycles. The van der Waals surface area contributed by atoms with E-state index >= 15 is 0 Å². The molecule has 0 amide bonds. The zero-order valence-corrected chi connectivity index (χ0v) is 13.0. The fourth-order valence-corrected chi connectivity index (χ4v) is 2.61. The van der Waals surface area contributed by atoms with Crippen molar-refractivity contribution < 1.29 is 22.6 Å². The molecule has 0 atom stereocenters. The lowest BCUT2D eigenvalue weighted by Crippen LogP contribution is -2.05. The summed E-state index contributed by atoms with van der Waals surface area (Å²) in [5.74, 6) is -0.161. The van der Waals surface area contributed by atoms with E-state index in [0.717, 1.165) is 23.6 Å². The highest BCUT2D eigenvalue weighted by Gasteiger charge is 2.15. The number of rotatable bonds is 5. The van der Waals surface area contributed by atoms with Gasteiger partial charge in [0.25, 0.3) is 5.69 Å². The molecule has 0 unspecified atom stereocenters. The SMILES string of the molecule is O=[N+]([O-])c1ccc(OS(=O)(=O)/C=C/c2ccc(O)cc2)c(Cl)c1. The van der Waals surface area contributed by atoms with Gasteiger partial charge in [-0.2, -0.15) is 8.42 Å². The van der Waals surface area contributed by atoms with Gasteiger partial charge in [-0.05, 0) is 29.8 Å². The van der Waals surface area contributed by atoms with Gasteiger partial charge in [0, 0.05) is 12.1 Å². The topological polar surface area (TPSA) is 107 Å². The van der Waals surface area contributed by atoms with Crippen LogP contribution >= 0.6 is 11.6 Å². The van der Waals surface area contributed by atoms with E-state index in [0.29, 0.717) is 5.56 Å². The fourth-order valence-electron chi connectivity index (χ4n) is 1.57. The third kappa shape index (κ3) is 4.70. The molecule has 2 aromatic carbocycles. The Balaban J connectivity index is 2.18. The maximum absolute atomic E-state index is 11.9. The molecule has 0 bridgehead atoms. The minimum atomic E-state index is -4.10. The molecule has 0 radical (unpaired) electrons. The quantitative estimate of drug-likeness (QED) is 0.500. The molecule has 0 aliphatic rings. The number of nitro groups is 1. The summed E-state index contributed by atoms with van der Waals surface area (Å²) in [4.78, 5) is 9.93. The molecule has 0 aliphatic heterocycles. The Morgan fingerprint density at radius 2 is 1.83 bits per heavy atom. The van der Waals surface area contributed by atoms with E-state index in [-0.39, 0.29) is 22.2 Å². The van der Waals surface area contributed by atoms with Crippen LogP contribution in [-0.2, 0) is 10.1 Å². The summed E-state index contributed by atoms with van der Waals surface area (Å²) >= 11 is 5.77. The van der Waals surface area contributed by atoms with E-state index in [1.165, 1.54) is 30.3 Å². The first-order valence-electron chi connectivity index (χ1n) is 6.12. The highest BCUT2D eigenvalue weighted by Crippen LogP contribution is 2.30. The average Bonchev–Trinajstić information content (AvgIpc) is 2.48. The molecule has 1 N–H and O–H groups in total. The molecule has 0 spiro atoms.